The van der Waals surface area contributed by atoms with E-state index in [0.29, 0.717) is 19.3 Å². The minimum absolute atomic E-state index is 0.0538. The minimum Gasteiger partial charge on any atom is -0.478 e. The molecule has 2 unspecified atom stereocenters. The Kier molecular flexibility index (Phi) is 4.11. The van der Waals surface area contributed by atoms with Crippen molar-refractivity contribution in [3.63, 3.8) is 0 Å². The third-order valence-electron chi connectivity index (χ3n) is 3.24. The summed E-state index contributed by atoms with van der Waals surface area (Å²) in [6, 6.07) is 0. The molecule has 0 saturated carbocycles. The Bertz CT molecular complexity index is 373. The van der Waals surface area contributed by atoms with Crippen molar-refractivity contribution >= 4 is 17.7 Å². The number of cyclic esters (lactones) is 1. The van der Waals surface area contributed by atoms with Crippen LogP contribution in [0.2, 0.25) is 0 Å². The maximum Gasteiger partial charge on any atom is 0.355 e. The van der Waals surface area contributed by atoms with Gasteiger partial charge in [0.05, 0.1) is 0 Å². The van der Waals surface area contributed by atoms with Crippen molar-refractivity contribution in [2.24, 2.45) is 0 Å². The number of carbonyl (C=O) groups excluding carboxylic acids is 2. The summed E-state index contributed by atoms with van der Waals surface area (Å²) < 4.78 is 4.77. The largest absolute Gasteiger partial charge is 0.478 e. The van der Waals surface area contributed by atoms with Crippen molar-refractivity contribution in [1.29, 1.82) is 0 Å². The normalized spacial score (nSPS) is 34.8. The van der Waals surface area contributed by atoms with Crippen LogP contribution in [0.1, 0.15) is 46.0 Å². The average Bonchev–Trinajstić information content (AvgIpc) is 2.26. The maximum atomic E-state index is 11.8. The predicted molar refractivity (Wildman–Crippen MR) is 60.8 cm³/mol. The second-order valence-electron chi connectivity index (χ2n) is 4.99. The second kappa shape index (κ2) is 5.06. The van der Waals surface area contributed by atoms with Gasteiger partial charge in [0.2, 0.25) is 0 Å². The van der Waals surface area contributed by atoms with Gasteiger partial charge in [0.1, 0.15) is 0 Å². The summed E-state index contributed by atoms with van der Waals surface area (Å²) in [6.07, 6.45) is 2.01. The van der Waals surface area contributed by atoms with Crippen LogP contribution < -0.4 is 0 Å². The van der Waals surface area contributed by atoms with E-state index in [1.54, 1.807) is 0 Å². The van der Waals surface area contributed by atoms with E-state index < -0.39 is 28.9 Å². The van der Waals surface area contributed by atoms with Crippen LogP contribution in [0.4, 0.5) is 0 Å². The SMILES string of the molecule is CC1(O)CCCCCC(=O)C(C)(C(=O)O)OC1=O. The van der Waals surface area contributed by atoms with Gasteiger partial charge in [-0.25, -0.2) is 9.59 Å². The molecule has 1 fully saturated rings. The first-order valence-electron chi connectivity index (χ1n) is 5.92. The number of carboxylic acid groups (broad SMARTS) is 1. The van der Waals surface area contributed by atoms with Gasteiger partial charge in [-0.3, -0.25) is 4.79 Å². The molecule has 1 aliphatic heterocycles. The van der Waals surface area contributed by atoms with Crippen LogP contribution in [-0.4, -0.2) is 39.1 Å². The Morgan fingerprint density at radius 3 is 2.39 bits per heavy atom. The van der Waals surface area contributed by atoms with Gasteiger partial charge in [0, 0.05) is 6.42 Å². The Labute approximate surface area is 105 Å². The summed E-state index contributed by atoms with van der Waals surface area (Å²) in [5, 5.41) is 18.9. The van der Waals surface area contributed by atoms with Crippen LogP contribution in [0.25, 0.3) is 0 Å². The van der Waals surface area contributed by atoms with E-state index in [4.69, 9.17) is 9.84 Å². The van der Waals surface area contributed by atoms with Gasteiger partial charge in [-0.15, -0.1) is 0 Å². The molecular formula is C12H18O6. The molecule has 6 nitrogen and oxygen atoms in total. The third-order valence-corrected chi connectivity index (χ3v) is 3.24. The number of ketones is 1. The van der Waals surface area contributed by atoms with E-state index >= 15 is 0 Å². The number of ether oxygens (including phenoxy) is 1. The molecule has 1 aliphatic rings. The molecular weight excluding hydrogens is 240 g/mol. The standard InChI is InChI=1S/C12H18O6/c1-11(17)7-5-3-4-6-8(13)12(2,9(14)15)18-10(11)16/h17H,3-7H2,1-2H3,(H,14,15). The molecule has 102 valence electrons. The van der Waals surface area contributed by atoms with Crippen LogP contribution in [-0.2, 0) is 19.1 Å². The topological polar surface area (TPSA) is 101 Å². The van der Waals surface area contributed by atoms with E-state index in [1.165, 1.54) is 6.92 Å². The molecule has 0 aromatic rings. The summed E-state index contributed by atoms with van der Waals surface area (Å²) >= 11 is 0. The highest BCUT2D eigenvalue weighted by molar-refractivity contribution is 6.07. The van der Waals surface area contributed by atoms with Crippen LogP contribution in [0.3, 0.4) is 0 Å². The Hall–Kier alpha value is -1.43. The zero-order valence-electron chi connectivity index (χ0n) is 10.6. The Morgan fingerprint density at radius 2 is 1.83 bits per heavy atom. The minimum atomic E-state index is -2.21. The summed E-state index contributed by atoms with van der Waals surface area (Å²) in [5.74, 6) is -3.24. The third kappa shape index (κ3) is 2.87. The Balaban J connectivity index is 3.04. The molecule has 2 atom stereocenters. The van der Waals surface area contributed by atoms with Crippen molar-refractivity contribution in [2.75, 3.05) is 0 Å². The van der Waals surface area contributed by atoms with Gasteiger partial charge in [-0.2, -0.15) is 0 Å². The fraction of sp³-hybridized carbons (Fsp3) is 0.750. The maximum absolute atomic E-state index is 11.8. The van der Waals surface area contributed by atoms with Gasteiger partial charge in [-0.05, 0) is 33.1 Å². The molecule has 0 radical (unpaired) electrons. The lowest BCUT2D eigenvalue weighted by Gasteiger charge is -2.30. The molecule has 0 aliphatic carbocycles. The van der Waals surface area contributed by atoms with Gasteiger partial charge in [-0.1, -0.05) is 6.42 Å². The molecule has 0 aromatic heterocycles. The monoisotopic (exact) mass is 258 g/mol. The van der Waals surface area contributed by atoms with Crippen molar-refractivity contribution in [3.8, 4) is 0 Å². The van der Waals surface area contributed by atoms with Crippen molar-refractivity contribution in [3.05, 3.63) is 0 Å². The highest BCUT2D eigenvalue weighted by Crippen LogP contribution is 2.25. The lowest BCUT2D eigenvalue weighted by molar-refractivity contribution is -0.192. The average molecular weight is 258 g/mol. The molecule has 1 heterocycles. The number of hydrogen-bond donors (Lipinski definition) is 2. The number of aliphatic hydroxyl groups is 1. The van der Waals surface area contributed by atoms with Gasteiger partial charge < -0.3 is 14.9 Å². The predicted octanol–water partition coefficient (Wildman–Crippen LogP) is 0.657. The van der Waals surface area contributed by atoms with Crippen LogP contribution in [0.5, 0.6) is 0 Å². The van der Waals surface area contributed by atoms with Crippen molar-refractivity contribution in [1.82, 2.24) is 0 Å². The van der Waals surface area contributed by atoms with E-state index in [-0.39, 0.29) is 12.8 Å². The van der Waals surface area contributed by atoms with E-state index in [1.807, 2.05) is 0 Å². The van der Waals surface area contributed by atoms with Crippen molar-refractivity contribution in [2.45, 2.75) is 57.2 Å². The quantitative estimate of drug-likeness (QED) is 0.529. The smallest absolute Gasteiger partial charge is 0.355 e. The summed E-state index contributed by atoms with van der Waals surface area (Å²) in [4.78, 5) is 34.7. The molecule has 0 spiro atoms. The van der Waals surface area contributed by atoms with Gasteiger partial charge in [0.25, 0.3) is 5.60 Å². The molecule has 1 saturated heterocycles. The van der Waals surface area contributed by atoms with Gasteiger partial charge >= 0.3 is 11.9 Å². The molecule has 0 bridgehead atoms. The van der Waals surface area contributed by atoms with E-state index in [2.05, 4.69) is 0 Å². The second-order valence-corrected chi connectivity index (χ2v) is 4.99. The zero-order valence-corrected chi connectivity index (χ0v) is 10.6. The number of aliphatic carboxylic acids is 1. The number of Topliss-reactive ketones (excluding diaryl/α,β-unsaturated/α-hetero) is 1. The van der Waals surface area contributed by atoms with Crippen LogP contribution >= 0.6 is 0 Å². The number of hydrogen-bond acceptors (Lipinski definition) is 5. The van der Waals surface area contributed by atoms with E-state index in [0.717, 1.165) is 6.92 Å². The van der Waals surface area contributed by atoms with Gasteiger partial charge in [0.15, 0.2) is 11.4 Å². The fourth-order valence-electron chi connectivity index (χ4n) is 1.79. The summed E-state index contributed by atoms with van der Waals surface area (Å²) in [7, 11) is 0. The first kappa shape index (κ1) is 14.6. The van der Waals surface area contributed by atoms with E-state index in [9.17, 15) is 19.5 Å². The molecule has 0 aromatic carbocycles. The number of esters is 1. The highest BCUT2D eigenvalue weighted by atomic mass is 16.6. The highest BCUT2D eigenvalue weighted by Gasteiger charge is 2.48. The molecule has 1 rings (SSSR count). The first-order chi connectivity index (χ1) is 8.20. The Morgan fingerprint density at radius 1 is 1.22 bits per heavy atom. The molecule has 2 N–H and O–H groups in total. The van der Waals surface area contributed by atoms with Crippen molar-refractivity contribution < 1.29 is 29.3 Å². The lowest BCUT2D eigenvalue weighted by atomic mass is 9.91. The molecule has 0 amide bonds. The summed E-state index contributed by atoms with van der Waals surface area (Å²) in [6.45, 7) is 2.32. The number of carboxylic acids is 1. The number of rotatable bonds is 1. The number of carbonyl (C=O) groups is 3. The van der Waals surface area contributed by atoms with Crippen LogP contribution in [0, 0.1) is 0 Å². The summed E-state index contributed by atoms with van der Waals surface area (Å²) in [5.41, 5.74) is -3.97. The molecule has 18 heavy (non-hydrogen) atoms. The first-order valence-corrected chi connectivity index (χ1v) is 5.92. The lowest BCUT2D eigenvalue weighted by Crippen LogP contribution is -2.52. The zero-order chi connectivity index (χ0) is 14.0. The fourth-order valence-corrected chi connectivity index (χ4v) is 1.79. The van der Waals surface area contributed by atoms with Crippen LogP contribution in [0.15, 0.2) is 0 Å². The molecule has 6 heteroatoms.